The van der Waals surface area contributed by atoms with Crippen molar-refractivity contribution in [3.05, 3.63) is 58.1 Å². The number of hydrazine groups is 1. The van der Waals surface area contributed by atoms with E-state index in [0.717, 1.165) is 15.6 Å². The smallest absolute Gasteiger partial charge is 0.276 e. The summed E-state index contributed by atoms with van der Waals surface area (Å²) < 4.78 is 16.7. The summed E-state index contributed by atoms with van der Waals surface area (Å²) >= 11 is 3.36. The predicted molar refractivity (Wildman–Crippen MR) is 109 cm³/mol. The summed E-state index contributed by atoms with van der Waals surface area (Å²) in [5, 5.41) is 0. The average Bonchev–Trinajstić information content (AvgIpc) is 2.69. The molecule has 0 aliphatic heterocycles. The number of nitrogens with one attached hydrogen (secondary N) is 2. The van der Waals surface area contributed by atoms with Gasteiger partial charge in [0.05, 0.1) is 14.2 Å². The molecule has 0 saturated carbocycles. The third-order valence-electron chi connectivity index (χ3n) is 3.66. The molecule has 0 aliphatic rings. The number of ether oxygens (including phenoxy) is 3. The number of halogens is 1. The van der Waals surface area contributed by atoms with Gasteiger partial charge in [-0.25, -0.2) is 0 Å². The van der Waals surface area contributed by atoms with Gasteiger partial charge in [0.15, 0.2) is 18.1 Å². The lowest BCUT2D eigenvalue weighted by Gasteiger charge is -2.10. The average molecular weight is 449 g/mol. The van der Waals surface area contributed by atoms with Crippen LogP contribution >= 0.6 is 15.9 Å². The molecule has 0 aliphatic carbocycles. The van der Waals surface area contributed by atoms with E-state index in [1.807, 2.05) is 19.1 Å². The summed E-state index contributed by atoms with van der Waals surface area (Å²) in [6, 6.07) is 10.7. The lowest BCUT2D eigenvalue weighted by atomic mass is 10.2. The minimum absolute atomic E-state index is 0.220. The number of amides is 2. The van der Waals surface area contributed by atoms with E-state index < -0.39 is 11.8 Å². The van der Waals surface area contributed by atoms with Crippen molar-refractivity contribution >= 4 is 33.8 Å². The molecule has 0 bridgehead atoms. The summed E-state index contributed by atoms with van der Waals surface area (Å²) in [5.74, 6) is 0.785. The molecule has 0 spiro atoms. The SMILES string of the molecule is COc1ccc(/C=C/C(=O)NNC(=O)COc2ccc(Br)cc2C)cc1OC. The lowest BCUT2D eigenvalue weighted by molar-refractivity contribution is -0.128. The zero-order valence-corrected chi connectivity index (χ0v) is 17.3. The van der Waals surface area contributed by atoms with Gasteiger partial charge in [-0.1, -0.05) is 22.0 Å². The van der Waals surface area contributed by atoms with Crippen molar-refractivity contribution in [1.82, 2.24) is 10.9 Å². The Morgan fingerprint density at radius 2 is 1.71 bits per heavy atom. The molecule has 7 nitrogen and oxygen atoms in total. The van der Waals surface area contributed by atoms with Gasteiger partial charge in [0, 0.05) is 10.5 Å². The van der Waals surface area contributed by atoms with Crippen LogP contribution in [-0.4, -0.2) is 32.6 Å². The largest absolute Gasteiger partial charge is 0.493 e. The molecule has 2 aromatic rings. The number of hydrogen-bond acceptors (Lipinski definition) is 5. The van der Waals surface area contributed by atoms with Crippen LogP contribution in [0.25, 0.3) is 6.08 Å². The summed E-state index contributed by atoms with van der Waals surface area (Å²) in [5.41, 5.74) is 6.22. The van der Waals surface area contributed by atoms with Crippen molar-refractivity contribution in [2.75, 3.05) is 20.8 Å². The van der Waals surface area contributed by atoms with Crippen LogP contribution in [0.4, 0.5) is 0 Å². The summed E-state index contributed by atoms with van der Waals surface area (Å²) in [4.78, 5) is 23.7. The predicted octanol–water partition coefficient (Wildman–Crippen LogP) is 3.01. The van der Waals surface area contributed by atoms with E-state index in [2.05, 4.69) is 26.8 Å². The molecule has 0 heterocycles. The van der Waals surface area contributed by atoms with Gasteiger partial charge in [-0.3, -0.25) is 20.4 Å². The first-order chi connectivity index (χ1) is 13.4. The zero-order chi connectivity index (χ0) is 20.5. The maximum Gasteiger partial charge on any atom is 0.276 e. The molecular formula is C20H21BrN2O5. The standard InChI is InChI=1S/C20H21BrN2O5/c1-13-10-15(21)6-8-16(13)28-12-20(25)23-22-19(24)9-5-14-4-7-17(26-2)18(11-14)27-3/h4-11H,12H2,1-3H3,(H,22,24)(H,23,25)/b9-5+. The fourth-order valence-corrected chi connectivity index (χ4v) is 2.73. The van der Waals surface area contributed by atoms with Gasteiger partial charge >= 0.3 is 0 Å². The fraction of sp³-hybridized carbons (Fsp3) is 0.200. The summed E-state index contributed by atoms with van der Waals surface area (Å²) in [6.45, 7) is 1.65. The quantitative estimate of drug-likeness (QED) is 0.502. The number of aryl methyl sites for hydroxylation is 1. The highest BCUT2D eigenvalue weighted by molar-refractivity contribution is 9.10. The van der Waals surface area contributed by atoms with Gasteiger partial charge < -0.3 is 14.2 Å². The Balaban J connectivity index is 1.81. The first-order valence-electron chi connectivity index (χ1n) is 8.31. The van der Waals surface area contributed by atoms with Crippen LogP contribution in [0.3, 0.4) is 0 Å². The molecule has 0 saturated heterocycles. The number of carbonyl (C=O) groups excluding carboxylic acids is 2. The Hall–Kier alpha value is -3.00. The van der Waals surface area contributed by atoms with Crippen LogP contribution in [0.15, 0.2) is 46.9 Å². The molecule has 2 amide bonds. The van der Waals surface area contributed by atoms with Gasteiger partial charge in [0.2, 0.25) is 0 Å². The van der Waals surface area contributed by atoms with E-state index in [1.165, 1.54) is 13.2 Å². The van der Waals surface area contributed by atoms with Crippen molar-refractivity contribution in [2.45, 2.75) is 6.92 Å². The van der Waals surface area contributed by atoms with Gasteiger partial charge in [-0.15, -0.1) is 0 Å². The first kappa shape index (κ1) is 21.3. The molecule has 8 heteroatoms. The fourth-order valence-electron chi connectivity index (χ4n) is 2.26. The van der Waals surface area contributed by atoms with Crippen molar-refractivity contribution < 1.29 is 23.8 Å². The maximum absolute atomic E-state index is 11.8. The highest BCUT2D eigenvalue weighted by Crippen LogP contribution is 2.27. The third-order valence-corrected chi connectivity index (χ3v) is 4.15. The van der Waals surface area contributed by atoms with E-state index in [-0.39, 0.29) is 6.61 Å². The van der Waals surface area contributed by atoms with Crippen molar-refractivity contribution in [1.29, 1.82) is 0 Å². The van der Waals surface area contributed by atoms with Crippen molar-refractivity contribution in [3.63, 3.8) is 0 Å². The van der Waals surface area contributed by atoms with Crippen LogP contribution in [0.5, 0.6) is 17.2 Å². The van der Waals surface area contributed by atoms with Crippen molar-refractivity contribution in [3.8, 4) is 17.2 Å². The van der Waals surface area contributed by atoms with Gasteiger partial charge in [-0.05, 0) is 54.5 Å². The van der Waals surface area contributed by atoms with Gasteiger partial charge in [0.25, 0.3) is 11.8 Å². The normalized spacial score (nSPS) is 10.4. The van der Waals surface area contributed by atoms with Gasteiger partial charge in [0.1, 0.15) is 5.75 Å². The molecule has 2 N–H and O–H groups in total. The zero-order valence-electron chi connectivity index (χ0n) is 15.7. The molecule has 0 radical (unpaired) electrons. The molecule has 0 fully saturated rings. The monoisotopic (exact) mass is 448 g/mol. The van der Waals surface area contributed by atoms with E-state index in [9.17, 15) is 9.59 Å². The maximum atomic E-state index is 11.8. The number of rotatable bonds is 7. The Morgan fingerprint density at radius 3 is 2.39 bits per heavy atom. The highest BCUT2D eigenvalue weighted by Gasteiger charge is 2.07. The van der Waals surface area contributed by atoms with Gasteiger partial charge in [-0.2, -0.15) is 0 Å². The number of methoxy groups -OCH3 is 2. The number of benzene rings is 2. The molecule has 0 aromatic heterocycles. The van der Waals surface area contributed by atoms with Crippen LogP contribution in [-0.2, 0) is 9.59 Å². The molecule has 148 valence electrons. The van der Waals surface area contributed by atoms with E-state index in [1.54, 1.807) is 37.5 Å². The van der Waals surface area contributed by atoms with Crippen molar-refractivity contribution in [2.24, 2.45) is 0 Å². The van der Waals surface area contributed by atoms with E-state index in [0.29, 0.717) is 17.2 Å². The Morgan fingerprint density at radius 1 is 1.00 bits per heavy atom. The molecule has 28 heavy (non-hydrogen) atoms. The topological polar surface area (TPSA) is 85.9 Å². The second kappa shape index (κ2) is 10.4. The second-order valence-corrected chi connectivity index (χ2v) is 6.60. The third kappa shape index (κ3) is 6.31. The van der Waals surface area contributed by atoms with Crippen LogP contribution in [0.1, 0.15) is 11.1 Å². The Bertz CT molecular complexity index is 883. The Labute approximate surface area is 171 Å². The van der Waals surface area contributed by atoms with E-state index >= 15 is 0 Å². The number of carbonyl (C=O) groups is 2. The summed E-state index contributed by atoms with van der Waals surface area (Å²) in [6.07, 6.45) is 2.88. The second-order valence-electron chi connectivity index (χ2n) is 5.68. The Kier molecular flexibility index (Phi) is 7.88. The highest BCUT2D eigenvalue weighted by atomic mass is 79.9. The minimum atomic E-state index is -0.483. The van der Waals surface area contributed by atoms with Crippen LogP contribution < -0.4 is 25.1 Å². The lowest BCUT2D eigenvalue weighted by Crippen LogP contribution is -2.43. The van der Waals surface area contributed by atoms with E-state index in [4.69, 9.17) is 14.2 Å². The van der Waals surface area contributed by atoms with Crippen LogP contribution in [0.2, 0.25) is 0 Å². The first-order valence-corrected chi connectivity index (χ1v) is 9.10. The number of hydrogen-bond donors (Lipinski definition) is 2. The molecule has 2 aromatic carbocycles. The molecule has 0 atom stereocenters. The molecular weight excluding hydrogens is 428 g/mol. The minimum Gasteiger partial charge on any atom is -0.493 e. The van der Waals surface area contributed by atoms with Crippen LogP contribution in [0, 0.1) is 6.92 Å². The molecule has 2 rings (SSSR count). The molecule has 0 unspecified atom stereocenters. The summed E-state index contributed by atoms with van der Waals surface area (Å²) in [7, 11) is 3.08.